The number of ketones is 1. The second-order valence-corrected chi connectivity index (χ2v) is 20.3. The van der Waals surface area contributed by atoms with Gasteiger partial charge >= 0.3 is 16.8 Å². The number of esters is 1. The molecule has 310 valence electrons. The fourth-order valence-corrected chi connectivity index (χ4v) is 9.01. The number of carboxylic acid groups (broad SMARTS) is 1. The molecule has 57 heavy (non-hydrogen) atoms. The molecule has 0 bridgehead atoms. The summed E-state index contributed by atoms with van der Waals surface area (Å²) >= 11 is 14.0. The summed E-state index contributed by atoms with van der Waals surface area (Å²) in [4.78, 5) is 59.9. The van der Waals surface area contributed by atoms with E-state index in [1.54, 1.807) is 9.36 Å². The summed E-state index contributed by atoms with van der Waals surface area (Å²) in [6, 6.07) is 5.81. The summed E-state index contributed by atoms with van der Waals surface area (Å²) in [5, 5.41) is 12.4. The number of hydrogen-bond donors (Lipinski definition) is 3. The number of halogens is 3. The smallest absolute Gasteiger partial charge is 0.325 e. The molecule has 6 rings (SSSR count). The van der Waals surface area contributed by atoms with Crippen LogP contribution in [0.1, 0.15) is 59.7 Å². The molecule has 2 aromatic heterocycles. The molecule has 1 saturated carbocycles. The number of nitrogens with zero attached hydrogens (tertiary/aromatic N) is 4. The second-order valence-electron chi connectivity index (χ2n) is 12.9. The van der Waals surface area contributed by atoms with Crippen LogP contribution in [0, 0.1) is 5.82 Å². The topological polar surface area (TPSA) is 243 Å². The number of benzene rings is 2. The fraction of sp³-hybridized carbons (Fsp3) is 0.412. The number of hydrogen-bond acceptors (Lipinski definition) is 14. The van der Waals surface area contributed by atoms with E-state index in [2.05, 4.69) is 14.9 Å². The molecule has 23 heteroatoms. The van der Waals surface area contributed by atoms with Crippen molar-refractivity contribution in [2.45, 2.75) is 66.9 Å². The molecule has 0 amide bonds. The zero-order chi connectivity index (χ0) is 42.2. The van der Waals surface area contributed by atoms with Gasteiger partial charge in [-0.2, -0.15) is 0 Å². The number of carboxylic acids is 1. The van der Waals surface area contributed by atoms with Crippen molar-refractivity contribution in [3.05, 3.63) is 83.7 Å². The Hall–Kier alpha value is -3.62. The first-order valence-corrected chi connectivity index (χ1v) is 23.7. The maximum absolute atomic E-state index is 14.3. The Morgan fingerprint density at radius 2 is 1.84 bits per heavy atom. The monoisotopic (exact) mass is 909 g/mol. The Balaban J connectivity index is 0.000000204. The van der Waals surface area contributed by atoms with Gasteiger partial charge in [-0.25, -0.2) is 22.5 Å². The Bertz CT molecular complexity index is 2420. The lowest BCUT2D eigenvalue weighted by molar-refractivity contribution is -0.139. The molecule has 1 aliphatic heterocycles. The van der Waals surface area contributed by atoms with Gasteiger partial charge in [-0.1, -0.05) is 28.4 Å². The van der Waals surface area contributed by atoms with Crippen molar-refractivity contribution >= 4 is 86.9 Å². The minimum absolute atomic E-state index is 0.0412. The number of ether oxygens (including phenoxy) is 1. The predicted octanol–water partition coefficient (Wildman–Crippen LogP) is 5.32. The zero-order valence-corrected chi connectivity index (χ0v) is 35.6. The molecule has 4 aromatic rings. The molecule has 2 unspecified atom stereocenters. The Morgan fingerprint density at radius 1 is 1.18 bits per heavy atom. The Kier molecular flexibility index (Phi) is 16.1. The van der Waals surface area contributed by atoms with Crippen molar-refractivity contribution in [3.8, 4) is 0 Å². The molecule has 0 radical (unpaired) electrons. The van der Waals surface area contributed by atoms with Gasteiger partial charge < -0.3 is 25.0 Å². The summed E-state index contributed by atoms with van der Waals surface area (Å²) in [6.45, 7) is 2.51. The minimum atomic E-state index is -3.57. The first kappa shape index (κ1) is 46.1. The van der Waals surface area contributed by atoms with Crippen molar-refractivity contribution in [3.63, 3.8) is 0 Å². The van der Waals surface area contributed by atoms with Crippen LogP contribution in [0.3, 0.4) is 0 Å². The molecule has 4 N–H and O–H groups in total. The van der Waals surface area contributed by atoms with E-state index in [1.165, 1.54) is 44.2 Å². The number of methoxy groups -OCH3 is 1. The summed E-state index contributed by atoms with van der Waals surface area (Å²) in [5.41, 5.74) is 5.59. The highest BCUT2D eigenvalue weighted by molar-refractivity contribution is 8.00. The van der Waals surface area contributed by atoms with Gasteiger partial charge in [0.15, 0.2) is 28.7 Å². The number of rotatable bonds is 12. The average Bonchev–Trinajstić information content (AvgIpc) is 3.79. The van der Waals surface area contributed by atoms with Gasteiger partial charge in [0.25, 0.3) is 0 Å². The molecule has 0 spiro atoms. The van der Waals surface area contributed by atoms with E-state index >= 15 is 0 Å². The molecular formula is C34H39Cl2FN5O11PS3. The van der Waals surface area contributed by atoms with Crippen LogP contribution in [-0.2, 0) is 41.8 Å². The van der Waals surface area contributed by atoms with Crippen molar-refractivity contribution in [2.24, 2.45) is 10.7 Å². The molecule has 2 aromatic carbocycles. The van der Waals surface area contributed by atoms with E-state index in [0.29, 0.717) is 34.1 Å². The van der Waals surface area contributed by atoms with Gasteiger partial charge in [0, 0.05) is 53.6 Å². The number of carbonyl (C=O) groups excluding carboxylic acids is 2. The molecule has 2 aliphatic rings. The van der Waals surface area contributed by atoms with Gasteiger partial charge in [0.05, 0.1) is 34.5 Å². The van der Waals surface area contributed by atoms with Crippen molar-refractivity contribution in [1.82, 2.24) is 14.5 Å². The summed E-state index contributed by atoms with van der Waals surface area (Å²) in [7, 11) is -5.37. The van der Waals surface area contributed by atoms with Crippen molar-refractivity contribution < 1.29 is 51.0 Å². The van der Waals surface area contributed by atoms with Crippen LogP contribution in [-0.4, -0.2) is 88.6 Å². The maximum atomic E-state index is 14.3. The average molecular weight is 911 g/mol. The number of aliphatic carboxylic acids is 1. The first-order chi connectivity index (χ1) is 26.7. The normalized spacial score (nSPS) is 15.5. The summed E-state index contributed by atoms with van der Waals surface area (Å²) < 4.78 is 61.8. The lowest BCUT2D eigenvalue weighted by Crippen LogP contribution is -2.31. The molecule has 2 atom stereocenters. The van der Waals surface area contributed by atoms with E-state index in [4.69, 9.17) is 43.5 Å². The van der Waals surface area contributed by atoms with E-state index in [1.807, 2.05) is 0 Å². The molecular weight excluding hydrogens is 871 g/mol. The molecule has 1 fully saturated rings. The van der Waals surface area contributed by atoms with E-state index in [-0.39, 0.29) is 55.3 Å². The molecule has 16 nitrogen and oxygen atoms in total. The van der Waals surface area contributed by atoms with Crippen LogP contribution in [0.5, 0.6) is 0 Å². The largest absolute Gasteiger partial charge is 0.480 e. The Labute approximate surface area is 344 Å². The third-order valence-corrected chi connectivity index (χ3v) is 13.0. The number of nitrogens with two attached hydrogens (primary N) is 1. The van der Waals surface area contributed by atoms with Crippen molar-refractivity contribution in [2.75, 3.05) is 31.9 Å². The number of fused-ring (bicyclic) bond motifs is 1. The van der Waals surface area contributed by atoms with E-state index in [9.17, 15) is 36.6 Å². The first-order valence-electron chi connectivity index (χ1n) is 17.0. The van der Waals surface area contributed by atoms with Crippen LogP contribution < -0.4 is 15.4 Å². The van der Waals surface area contributed by atoms with Gasteiger partial charge in [0.2, 0.25) is 4.80 Å². The van der Waals surface area contributed by atoms with Gasteiger partial charge in [-0.15, -0.1) is 11.8 Å². The third kappa shape index (κ3) is 13.2. The van der Waals surface area contributed by atoms with Crippen LogP contribution in [0.25, 0.3) is 0 Å². The highest BCUT2D eigenvalue weighted by atomic mass is 35.5. The third-order valence-electron chi connectivity index (χ3n) is 8.23. The molecule has 3 heterocycles. The van der Waals surface area contributed by atoms with Crippen LogP contribution in [0.4, 0.5) is 10.1 Å². The number of carbonyl (C=O) groups is 3. The minimum Gasteiger partial charge on any atom is -0.480 e. The van der Waals surface area contributed by atoms with Crippen LogP contribution in [0.15, 0.2) is 60.6 Å². The highest BCUT2D eigenvalue weighted by Crippen LogP contribution is 2.42. The predicted molar refractivity (Wildman–Crippen MR) is 212 cm³/mol. The molecule has 0 saturated heterocycles. The van der Waals surface area contributed by atoms with Crippen molar-refractivity contribution in [1.29, 1.82) is 0 Å². The zero-order valence-electron chi connectivity index (χ0n) is 30.7. The van der Waals surface area contributed by atoms with Gasteiger partial charge in [0.1, 0.15) is 17.5 Å². The summed E-state index contributed by atoms with van der Waals surface area (Å²) in [5.74, 6) is -1.73. The fourth-order valence-electron chi connectivity index (χ4n) is 5.13. The lowest BCUT2D eigenvalue weighted by Gasteiger charge is -2.15. The number of sulfone groups is 1. The summed E-state index contributed by atoms with van der Waals surface area (Å²) in [6.07, 6.45) is 6.19. The van der Waals surface area contributed by atoms with E-state index < -0.39 is 46.8 Å². The number of aromatic nitrogens is 3. The second kappa shape index (κ2) is 19.9. The van der Waals surface area contributed by atoms with Gasteiger partial charge in [-0.05, 0) is 73.8 Å². The lowest BCUT2D eigenvalue weighted by atomic mass is 10.0. The molecule has 1 aliphatic carbocycles. The van der Waals surface area contributed by atoms with Gasteiger partial charge in [-0.3, -0.25) is 28.4 Å². The Morgan fingerprint density at radius 3 is 2.44 bits per heavy atom. The van der Waals surface area contributed by atoms with Crippen LogP contribution in [0.2, 0.25) is 10.0 Å². The number of thioether (sulfide) groups is 1. The van der Waals surface area contributed by atoms with E-state index in [0.717, 1.165) is 61.1 Å². The quantitative estimate of drug-likeness (QED) is 0.0705. The standard InChI is InChI=1S/C15H15ClFN3O3S2.C14H12ClNO4S.C5H12NO4P/c1-23-13(21)8-24-12-7-11(10(17)6-9(12)16)18-14-19-4-2-3-5-20(19)15(22)25-14;1-21(18,19)12-6-9(15)4-5-10(12)13(17)11-7-16-20-14(11)8-2-3-8;1-11(9,10)3-2-4(6)5(7)8/h6-7H,2-5,8H2,1H3;4-8H,2-3H2,1H3;4H,2-3,6H2,1H3,(H,7,8)(H,9,10). The highest BCUT2D eigenvalue weighted by Gasteiger charge is 2.34. The van der Waals surface area contributed by atoms with Crippen LogP contribution >= 0.6 is 53.7 Å². The maximum Gasteiger partial charge on any atom is 0.325 e. The SMILES string of the molecule is COC(=O)CSc1cc(N=c2sc(=O)n3n2CCCC3)c(F)cc1Cl.CP(=O)(O)CCC(N)C(=O)O.CS(=O)(=O)c1cc(Cl)ccc1C(=O)c1cnoc1C1CC1.